The molecule has 1 atom stereocenters. The highest BCUT2D eigenvalue weighted by Crippen LogP contribution is 2.19. The van der Waals surface area contributed by atoms with Crippen LogP contribution in [-0.2, 0) is 4.79 Å². The summed E-state index contributed by atoms with van der Waals surface area (Å²) in [5.74, 6) is -0.330. The quantitative estimate of drug-likeness (QED) is 0.893. The lowest BCUT2D eigenvalue weighted by Gasteiger charge is -2.33. The van der Waals surface area contributed by atoms with Crippen LogP contribution >= 0.6 is 11.3 Å². The van der Waals surface area contributed by atoms with Gasteiger partial charge < -0.3 is 15.3 Å². The molecule has 1 aromatic heterocycles. The number of carbonyl (C=O) groups excluding carboxylic acids is 2. The number of hydrogen-bond acceptors (Lipinski definition) is 4. The first-order valence-corrected chi connectivity index (χ1v) is 8.89. The third kappa shape index (κ3) is 3.83. The molecule has 24 heavy (non-hydrogen) atoms. The lowest BCUT2D eigenvalue weighted by molar-refractivity contribution is -0.141. The van der Waals surface area contributed by atoms with E-state index in [1.807, 2.05) is 17.5 Å². The number of likely N-dealkylation sites (tertiary alicyclic amines) is 1. The van der Waals surface area contributed by atoms with Gasteiger partial charge in [0.2, 0.25) is 0 Å². The van der Waals surface area contributed by atoms with Crippen LogP contribution in [0.1, 0.15) is 34.2 Å². The summed E-state index contributed by atoms with van der Waals surface area (Å²) in [4.78, 5) is 26.8. The molecule has 1 aliphatic rings. The predicted molar refractivity (Wildman–Crippen MR) is 92.8 cm³/mol. The molecule has 3 rings (SSSR count). The maximum atomic E-state index is 12.4. The van der Waals surface area contributed by atoms with Crippen molar-refractivity contribution < 1.29 is 14.7 Å². The van der Waals surface area contributed by atoms with Crippen LogP contribution in [0.2, 0.25) is 0 Å². The number of nitrogens with zero attached hydrogens (tertiary/aromatic N) is 1. The van der Waals surface area contributed by atoms with Gasteiger partial charge >= 0.3 is 0 Å². The number of rotatable bonds is 4. The Morgan fingerprint density at radius 2 is 1.83 bits per heavy atom. The molecule has 2 N–H and O–H groups in total. The van der Waals surface area contributed by atoms with Gasteiger partial charge in [0, 0.05) is 19.1 Å². The standard InChI is InChI=1S/C18H20N2O3S/c21-16(13-5-2-1-3-6-13)18(23)20-10-8-14(9-11-20)19-17(22)15-7-4-12-24-15/h1-7,12,14,16,21H,8-11H2,(H,19,22)/t16-/m1/s1. The first-order chi connectivity index (χ1) is 11.6. The molecule has 5 nitrogen and oxygen atoms in total. The molecule has 2 aromatic rings. The summed E-state index contributed by atoms with van der Waals surface area (Å²) in [5.41, 5.74) is 0.607. The molecule has 126 valence electrons. The zero-order valence-electron chi connectivity index (χ0n) is 13.2. The van der Waals surface area contributed by atoms with Gasteiger partial charge in [0.05, 0.1) is 4.88 Å². The largest absolute Gasteiger partial charge is 0.378 e. The molecular weight excluding hydrogens is 324 g/mol. The van der Waals surface area contributed by atoms with Crippen molar-refractivity contribution in [3.63, 3.8) is 0 Å². The van der Waals surface area contributed by atoms with Gasteiger partial charge in [0.25, 0.3) is 11.8 Å². The Hall–Kier alpha value is -2.18. The minimum atomic E-state index is -1.12. The van der Waals surface area contributed by atoms with Crippen LogP contribution in [0, 0.1) is 0 Å². The maximum absolute atomic E-state index is 12.4. The molecule has 1 aliphatic heterocycles. The molecular formula is C18H20N2O3S. The normalized spacial score (nSPS) is 16.6. The molecule has 2 amide bonds. The van der Waals surface area contributed by atoms with Crippen LogP contribution in [0.4, 0.5) is 0 Å². The summed E-state index contributed by atoms with van der Waals surface area (Å²) in [6.45, 7) is 1.08. The van der Waals surface area contributed by atoms with Gasteiger partial charge in [-0.2, -0.15) is 0 Å². The zero-order chi connectivity index (χ0) is 16.9. The first kappa shape index (κ1) is 16.7. The molecule has 0 unspecified atom stereocenters. The second-order valence-corrected chi connectivity index (χ2v) is 6.81. The van der Waals surface area contributed by atoms with Crippen molar-refractivity contribution in [2.24, 2.45) is 0 Å². The number of aliphatic hydroxyl groups excluding tert-OH is 1. The van der Waals surface area contributed by atoms with Crippen LogP contribution < -0.4 is 5.32 Å². The number of carbonyl (C=O) groups is 2. The Bertz CT molecular complexity index is 680. The van der Waals surface area contributed by atoms with Crippen molar-refractivity contribution in [2.45, 2.75) is 25.0 Å². The Balaban J connectivity index is 1.51. The number of aliphatic hydroxyl groups is 1. The molecule has 0 bridgehead atoms. The van der Waals surface area contributed by atoms with E-state index in [9.17, 15) is 14.7 Å². The summed E-state index contributed by atoms with van der Waals surface area (Å²) >= 11 is 1.42. The molecule has 0 spiro atoms. The summed E-state index contributed by atoms with van der Waals surface area (Å²) in [6.07, 6.45) is 0.276. The van der Waals surface area contributed by atoms with E-state index in [4.69, 9.17) is 0 Å². The lowest BCUT2D eigenvalue weighted by Crippen LogP contribution is -2.47. The molecule has 0 saturated carbocycles. The molecule has 1 fully saturated rings. The minimum Gasteiger partial charge on any atom is -0.378 e. The Labute approximate surface area is 144 Å². The van der Waals surface area contributed by atoms with Gasteiger partial charge in [-0.25, -0.2) is 0 Å². The van der Waals surface area contributed by atoms with Gasteiger partial charge in [0.15, 0.2) is 6.10 Å². The van der Waals surface area contributed by atoms with Crippen LogP contribution in [0.3, 0.4) is 0 Å². The van der Waals surface area contributed by atoms with Crippen LogP contribution in [0.5, 0.6) is 0 Å². The third-order valence-electron chi connectivity index (χ3n) is 4.24. The second-order valence-electron chi connectivity index (χ2n) is 5.86. The molecule has 2 heterocycles. The van der Waals surface area contributed by atoms with Crippen molar-refractivity contribution in [1.82, 2.24) is 10.2 Å². The number of thiophene rings is 1. The van der Waals surface area contributed by atoms with Gasteiger partial charge in [-0.1, -0.05) is 36.4 Å². The zero-order valence-corrected chi connectivity index (χ0v) is 14.0. The van der Waals surface area contributed by atoms with Crippen LogP contribution in [-0.4, -0.2) is 41.0 Å². The van der Waals surface area contributed by atoms with Crippen LogP contribution in [0.15, 0.2) is 47.8 Å². The number of piperidine rings is 1. The van der Waals surface area contributed by atoms with Crippen molar-refractivity contribution in [3.8, 4) is 0 Å². The fourth-order valence-corrected chi connectivity index (χ4v) is 3.49. The Kier molecular flexibility index (Phi) is 5.27. The fourth-order valence-electron chi connectivity index (χ4n) is 2.86. The third-order valence-corrected chi connectivity index (χ3v) is 5.10. The topological polar surface area (TPSA) is 69.6 Å². The van der Waals surface area contributed by atoms with Gasteiger partial charge in [-0.3, -0.25) is 9.59 Å². The Morgan fingerprint density at radius 3 is 2.46 bits per heavy atom. The molecule has 1 aromatic carbocycles. The van der Waals surface area contributed by atoms with Gasteiger partial charge in [0.1, 0.15) is 0 Å². The smallest absolute Gasteiger partial charge is 0.261 e. The van der Waals surface area contributed by atoms with Gasteiger partial charge in [-0.15, -0.1) is 11.3 Å². The molecule has 0 aliphatic carbocycles. The van der Waals surface area contributed by atoms with E-state index in [0.29, 0.717) is 36.4 Å². The van der Waals surface area contributed by atoms with E-state index < -0.39 is 6.10 Å². The number of hydrogen-bond donors (Lipinski definition) is 2. The number of benzene rings is 1. The molecule has 1 saturated heterocycles. The number of nitrogens with one attached hydrogen (secondary N) is 1. The highest BCUT2D eigenvalue weighted by molar-refractivity contribution is 7.12. The fraction of sp³-hybridized carbons (Fsp3) is 0.333. The van der Waals surface area contributed by atoms with Crippen molar-refractivity contribution in [3.05, 3.63) is 58.3 Å². The van der Waals surface area contributed by atoms with E-state index in [2.05, 4.69) is 5.32 Å². The first-order valence-electron chi connectivity index (χ1n) is 8.01. The van der Waals surface area contributed by atoms with Crippen molar-refractivity contribution >= 4 is 23.2 Å². The van der Waals surface area contributed by atoms with Crippen molar-refractivity contribution in [2.75, 3.05) is 13.1 Å². The predicted octanol–water partition coefficient (Wildman–Crippen LogP) is 2.20. The highest BCUT2D eigenvalue weighted by atomic mass is 32.1. The summed E-state index contributed by atoms with van der Waals surface area (Å²) in [6, 6.07) is 12.7. The maximum Gasteiger partial charge on any atom is 0.261 e. The van der Waals surface area contributed by atoms with E-state index in [-0.39, 0.29) is 17.9 Å². The molecule has 6 heteroatoms. The molecule has 0 radical (unpaired) electrons. The van der Waals surface area contributed by atoms with E-state index in [1.54, 1.807) is 35.2 Å². The van der Waals surface area contributed by atoms with Crippen LogP contribution in [0.25, 0.3) is 0 Å². The summed E-state index contributed by atoms with van der Waals surface area (Å²) in [5, 5.41) is 15.1. The summed E-state index contributed by atoms with van der Waals surface area (Å²) in [7, 11) is 0. The average molecular weight is 344 g/mol. The lowest BCUT2D eigenvalue weighted by atomic mass is 10.0. The van der Waals surface area contributed by atoms with E-state index in [0.717, 1.165) is 0 Å². The SMILES string of the molecule is O=C(NC1CCN(C(=O)[C@H](O)c2ccccc2)CC1)c1cccs1. The highest BCUT2D eigenvalue weighted by Gasteiger charge is 2.28. The Morgan fingerprint density at radius 1 is 1.12 bits per heavy atom. The minimum absolute atomic E-state index is 0.0564. The number of amides is 2. The van der Waals surface area contributed by atoms with Crippen molar-refractivity contribution in [1.29, 1.82) is 0 Å². The van der Waals surface area contributed by atoms with E-state index in [1.165, 1.54) is 11.3 Å². The average Bonchev–Trinajstić information content (AvgIpc) is 3.17. The van der Waals surface area contributed by atoms with E-state index >= 15 is 0 Å². The second kappa shape index (κ2) is 7.59. The summed E-state index contributed by atoms with van der Waals surface area (Å²) < 4.78 is 0. The monoisotopic (exact) mass is 344 g/mol. The van der Waals surface area contributed by atoms with Gasteiger partial charge in [-0.05, 0) is 29.9 Å².